The van der Waals surface area contributed by atoms with Crippen molar-refractivity contribution in [2.24, 2.45) is 5.92 Å². The summed E-state index contributed by atoms with van der Waals surface area (Å²) in [5, 5.41) is 18.6. The summed E-state index contributed by atoms with van der Waals surface area (Å²) < 4.78 is 5.68. The third-order valence-electron chi connectivity index (χ3n) is 4.60. The summed E-state index contributed by atoms with van der Waals surface area (Å²) in [5.41, 5.74) is 2.88. The van der Waals surface area contributed by atoms with Gasteiger partial charge in [0.2, 0.25) is 5.56 Å². The summed E-state index contributed by atoms with van der Waals surface area (Å²) in [6.07, 6.45) is 6.49. The first-order chi connectivity index (χ1) is 13.7. The lowest BCUT2D eigenvalue weighted by Crippen LogP contribution is -2.31. The maximum Gasteiger partial charge on any atom is 0.247 e. The van der Waals surface area contributed by atoms with Crippen molar-refractivity contribution in [3.05, 3.63) is 64.1 Å². The second kappa shape index (κ2) is 12.1. The topological polar surface area (TPSA) is 85.8 Å². The highest BCUT2D eigenvalue weighted by molar-refractivity contribution is 5.70. The van der Waals surface area contributed by atoms with Gasteiger partial charge in [-0.15, -0.1) is 0 Å². The molecule has 0 aliphatic rings. The normalized spacial score (nSPS) is 12.4. The van der Waals surface area contributed by atoms with Gasteiger partial charge in [0.1, 0.15) is 0 Å². The highest BCUT2D eigenvalue weighted by Gasteiger charge is 2.08. The standard InChI is InChI=1S/C22H30N2O4/c1-2-18(16-26)17-28-14-12-24(11-13-25)21-8-5-19(6-9-21)3-4-20-7-10-22(27)23-15-20/h3-10,15,18,25-26H,2,11-14,16-17H2,1H3,(H,23,27)/b4-3+. The summed E-state index contributed by atoms with van der Waals surface area (Å²) in [4.78, 5) is 15.8. The fourth-order valence-electron chi connectivity index (χ4n) is 2.73. The predicted molar refractivity (Wildman–Crippen MR) is 113 cm³/mol. The molecule has 1 atom stereocenters. The monoisotopic (exact) mass is 386 g/mol. The van der Waals surface area contributed by atoms with Crippen LogP contribution in [0, 0.1) is 5.92 Å². The number of rotatable bonds is 12. The summed E-state index contributed by atoms with van der Waals surface area (Å²) >= 11 is 0. The molecule has 1 unspecified atom stereocenters. The molecule has 28 heavy (non-hydrogen) atoms. The van der Waals surface area contributed by atoms with E-state index in [1.165, 1.54) is 6.07 Å². The van der Waals surface area contributed by atoms with Crippen LogP contribution in [0.4, 0.5) is 5.69 Å². The average molecular weight is 386 g/mol. The van der Waals surface area contributed by atoms with Gasteiger partial charge in [-0.05, 0) is 35.7 Å². The number of hydrogen-bond donors (Lipinski definition) is 3. The van der Waals surface area contributed by atoms with Crippen molar-refractivity contribution in [3.8, 4) is 0 Å². The zero-order chi connectivity index (χ0) is 20.2. The van der Waals surface area contributed by atoms with Gasteiger partial charge in [0.05, 0.1) is 19.8 Å². The van der Waals surface area contributed by atoms with Gasteiger partial charge < -0.3 is 24.8 Å². The minimum Gasteiger partial charge on any atom is -0.396 e. The Labute approximate surface area is 166 Å². The fraction of sp³-hybridized carbons (Fsp3) is 0.409. The number of ether oxygens (including phenoxy) is 1. The van der Waals surface area contributed by atoms with Crippen LogP contribution in [-0.2, 0) is 4.74 Å². The number of aliphatic hydroxyl groups excluding tert-OH is 2. The molecule has 1 heterocycles. The number of aromatic nitrogens is 1. The minimum atomic E-state index is -0.115. The van der Waals surface area contributed by atoms with E-state index >= 15 is 0 Å². The van der Waals surface area contributed by atoms with Crippen LogP contribution < -0.4 is 10.5 Å². The molecule has 0 spiro atoms. The van der Waals surface area contributed by atoms with Crippen molar-refractivity contribution in [2.75, 3.05) is 44.4 Å². The van der Waals surface area contributed by atoms with E-state index in [0.717, 1.165) is 23.2 Å². The largest absolute Gasteiger partial charge is 0.396 e. The van der Waals surface area contributed by atoms with Crippen LogP contribution in [0.2, 0.25) is 0 Å². The first kappa shape index (κ1) is 21.9. The molecule has 2 aromatic rings. The molecule has 0 saturated heterocycles. The molecule has 0 radical (unpaired) electrons. The zero-order valence-electron chi connectivity index (χ0n) is 16.4. The zero-order valence-corrected chi connectivity index (χ0v) is 16.4. The van der Waals surface area contributed by atoms with Gasteiger partial charge >= 0.3 is 0 Å². The Morgan fingerprint density at radius 2 is 1.79 bits per heavy atom. The van der Waals surface area contributed by atoms with Crippen molar-refractivity contribution < 1.29 is 14.9 Å². The first-order valence-electron chi connectivity index (χ1n) is 9.67. The molecule has 0 aliphatic heterocycles. The Bertz CT molecular complexity index is 746. The molecule has 3 N–H and O–H groups in total. The van der Waals surface area contributed by atoms with Gasteiger partial charge in [-0.3, -0.25) is 4.79 Å². The van der Waals surface area contributed by atoms with Gasteiger partial charge in [0.25, 0.3) is 0 Å². The van der Waals surface area contributed by atoms with Crippen LogP contribution >= 0.6 is 0 Å². The minimum absolute atomic E-state index is 0.0715. The van der Waals surface area contributed by atoms with Crippen LogP contribution in [0.3, 0.4) is 0 Å². The number of H-pyrrole nitrogens is 1. The van der Waals surface area contributed by atoms with E-state index in [0.29, 0.717) is 26.3 Å². The molecule has 1 aromatic carbocycles. The number of aromatic amines is 1. The third-order valence-corrected chi connectivity index (χ3v) is 4.60. The lowest BCUT2D eigenvalue weighted by Gasteiger charge is -2.24. The van der Waals surface area contributed by atoms with E-state index in [2.05, 4.69) is 9.88 Å². The van der Waals surface area contributed by atoms with Crippen molar-refractivity contribution >= 4 is 17.8 Å². The van der Waals surface area contributed by atoms with Gasteiger partial charge in [-0.1, -0.05) is 31.2 Å². The summed E-state index contributed by atoms with van der Waals surface area (Å²) in [7, 11) is 0. The van der Waals surface area contributed by atoms with E-state index < -0.39 is 0 Å². The van der Waals surface area contributed by atoms with Crippen molar-refractivity contribution in [3.63, 3.8) is 0 Å². The molecule has 2 rings (SSSR count). The highest BCUT2D eigenvalue weighted by atomic mass is 16.5. The number of nitrogens with zero attached hydrogens (tertiary/aromatic N) is 1. The second-order valence-corrected chi connectivity index (χ2v) is 6.65. The first-order valence-corrected chi connectivity index (χ1v) is 9.67. The highest BCUT2D eigenvalue weighted by Crippen LogP contribution is 2.17. The van der Waals surface area contributed by atoms with Crippen LogP contribution in [0.25, 0.3) is 12.2 Å². The van der Waals surface area contributed by atoms with Crippen LogP contribution in [0.15, 0.2) is 47.4 Å². The third kappa shape index (κ3) is 7.31. The van der Waals surface area contributed by atoms with E-state index in [4.69, 9.17) is 4.74 Å². The average Bonchev–Trinajstić information content (AvgIpc) is 2.73. The van der Waals surface area contributed by atoms with Crippen LogP contribution in [0.1, 0.15) is 24.5 Å². The molecule has 6 nitrogen and oxygen atoms in total. The Morgan fingerprint density at radius 1 is 1.07 bits per heavy atom. The van der Waals surface area contributed by atoms with Crippen molar-refractivity contribution in [2.45, 2.75) is 13.3 Å². The molecular weight excluding hydrogens is 356 g/mol. The summed E-state index contributed by atoms with van der Waals surface area (Å²) in [5.74, 6) is 0.180. The molecule has 0 fully saturated rings. The maximum atomic E-state index is 11.1. The van der Waals surface area contributed by atoms with Crippen LogP contribution in [-0.4, -0.2) is 54.7 Å². The number of pyridine rings is 1. The summed E-state index contributed by atoms with van der Waals surface area (Å²) in [6.45, 7) is 4.56. The van der Waals surface area contributed by atoms with E-state index in [9.17, 15) is 15.0 Å². The van der Waals surface area contributed by atoms with Gasteiger partial charge in [0.15, 0.2) is 0 Å². The molecular formula is C22H30N2O4. The maximum absolute atomic E-state index is 11.1. The molecule has 0 aliphatic carbocycles. The van der Waals surface area contributed by atoms with Gasteiger partial charge in [0, 0.05) is 43.6 Å². The molecule has 1 aromatic heterocycles. The summed E-state index contributed by atoms with van der Waals surface area (Å²) in [6, 6.07) is 11.3. The molecule has 0 amide bonds. The number of benzene rings is 1. The number of aliphatic hydroxyl groups is 2. The second-order valence-electron chi connectivity index (χ2n) is 6.65. The Balaban J connectivity index is 1.91. The molecule has 0 saturated carbocycles. The Morgan fingerprint density at radius 3 is 2.39 bits per heavy atom. The fourth-order valence-corrected chi connectivity index (χ4v) is 2.73. The van der Waals surface area contributed by atoms with E-state index in [1.54, 1.807) is 12.3 Å². The smallest absolute Gasteiger partial charge is 0.247 e. The number of anilines is 1. The molecule has 152 valence electrons. The number of hydrogen-bond acceptors (Lipinski definition) is 5. The van der Waals surface area contributed by atoms with Crippen LogP contribution in [0.5, 0.6) is 0 Å². The van der Waals surface area contributed by atoms with Gasteiger partial charge in [-0.25, -0.2) is 0 Å². The number of nitrogens with one attached hydrogen (secondary N) is 1. The SMILES string of the molecule is CCC(CO)COCCN(CCO)c1ccc(/C=C/c2ccc(=O)[nH]c2)cc1. The Hall–Kier alpha value is -2.41. The van der Waals surface area contributed by atoms with E-state index in [1.807, 2.05) is 43.3 Å². The van der Waals surface area contributed by atoms with Crippen molar-refractivity contribution in [1.82, 2.24) is 4.98 Å². The van der Waals surface area contributed by atoms with E-state index in [-0.39, 0.29) is 24.7 Å². The molecule has 0 bridgehead atoms. The Kier molecular flexibility index (Phi) is 9.48. The molecule has 6 heteroatoms. The van der Waals surface area contributed by atoms with Gasteiger partial charge in [-0.2, -0.15) is 0 Å². The van der Waals surface area contributed by atoms with Crippen molar-refractivity contribution in [1.29, 1.82) is 0 Å². The lowest BCUT2D eigenvalue weighted by molar-refractivity contribution is 0.0749. The quantitative estimate of drug-likeness (QED) is 0.488. The predicted octanol–water partition coefficient (Wildman–Crippen LogP) is 2.38. The lowest BCUT2D eigenvalue weighted by atomic mass is 10.1.